The molecule has 0 aromatic heterocycles. The normalized spacial score (nSPS) is 12.7. The van der Waals surface area contributed by atoms with E-state index in [1.54, 1.807) is 0 Å². The number of urea groups is 1. The van der Waals surface area contributed by atoms with Crippen molar-refractivity contribution in [2.45, 2.75) is 32.4 Å². The second kappa shape index (κ2) is 7.09. The molecule has 1 unspecified atom stereocenters. The molecule has 1 rings (SSSR count). The fraction of sp³-hybridized carbons (Fsp3) is 0.500. The Kier molecular flexibility index (Phi) is 5.76. The van der Waals surface area contributed by atoms with Crippen molar-refractivity contribution in [3.05, 3.63) is 30.1 Å². The van der Waals surface area contributed by atoms with Crippen LogP contribution in [0.3, 0.4) is 0 Å². The fourth-order valence-electron chi connectivity index (χ4n) is 1.38. The van der Waals surface area contributed by atoms with Crippen LogP contribution >= 0.6 is 0 Å². The van der Waals surface area contributed by atoms with Gasteiger partial charge in [0.05, 0.1) is 0 Å². The summed E-state index contributed by atoms with van der Waals surface area (Å²) in [5, 5.41) is 14.9. The summed E-state index contributed by atoms with van der Waals surface area (Å²) in [6, 6.07) is 5.15. The number of hydrogen-bond acceptors (Lipinski definition) is 3. The number of carbonyl (C=O) groups is 1. The number of carbonyl (C=O) groups excluding carboxylic acids is 1. The Hall–Kier alpha value is -1.82. The number of nitrogens with one attached hydrogen (secondary N) is 2. The molecule has 0 aliphatic heterocycles. The van der Waals surface area contributed by atoms with E-state index in [-0.39, 0.29) is 30.5 Å². The number of amides is 2. The summed E-state index contributed by atoms with van der Waals surface area (Å²) in [7, 11) is 0. The summed E-state index contributed by atoms with van der Waals surface area (Å²) in [5.74, 6) is 0.114. The summed E-state index contributed by atoms with van der Waals surface area (Å²) in [4.78, 5) is 11.5. The first-order valence-electron chi connectivity index (χ1n) is 6.39. The molecule has 3 N–H and O–H groups in total. The zero-order valence-electron chi connectivity index (χ0n) is 11.9. The lowest BCUT2D eigenvalue weighted by atomic mass is 10.1. The maximum atomic E-state index is 12.7. The molecule has 0 aliphatic carbocycles. The number of hydrogen-bond donors (Lipinski definition) is 3. The highest BCUT2D eigenvalue weighted by Gasteiger charge is 2.14. The van der Waals surface area contributed by atoms with Gasteiger partial charge in [-0.15, -0.1) is 0 Å². The van der Waals surface area contributed by atoms with Gasteiger partial charge in [-0.1, -0.05) is 0 Å². The molecule has 1 aromatic carbocycles. The molecule has 0 heterocycles. The van der Waals surface area contributed by atoms with Crippen LogP contribution in [0.2, 0.25) is 0 Å². The lowest BCUT2D eigenvalue weighted by Crippen LogP contribution is -2.48. The SMILES string of the molecule is CC(C)(C)NC(=O)NCC(O)COc1ccc(F)cc1. The van der Waals surface area contributed by atoms with Crippen molar-refractivity contribution in [1.29, 1.82) is 0 Å². The Balaban J connectivity index is 2.25. The number of benzene rings is 1. The molecule has 0 saturated heterocycles. The highest BCUT2D eigenvalue weighted by Crippen LogP contribution is 2.11. The van der Waals surface area contributed by atoms with Crippen LogP contribution in [0.25, 0.3) is 0 Å². The molecule has 2 amide bonds. The van der Waals surface area contributed by atoms with Gasteiger partial charge in [0.2, 0.25) is 0 Å². The first-order chi connectivity index (χ1) is 9.26. The van der Waals surface area contributed by atoms with Crippen molar-refractivity contribution in [3.8, 4) is 5.75 Å². The molecular formula is C14H21FN2O3. The van der Waals surface area contributed by atoms with Gasteiger partial charge in [-0.25, -0.2) is 9.18 Å². The third-order valence-corrected chi connectivity index (χ3v) is 2.24. The lowest BCUT2D eigenvalue weighted by Gasteiger charge is -2.21. The van der Waals surface area contributed by atoms with Gasteiger partial charge >= 0.3 is 6.03 Å². The van der Waals surface area contributed by atoms with Crippen LogP contribution in [0.15, 0.2) is 24.3 Å². The Morgan fingerprint density at radius 3 is 2.50 bits per heavy atom. The van der Waals surface area contributed by atoms with Gasteiger partial charge < -0.3 is 20.5 Å². The van der Waals surface area contributed by atoms with E-state index in [0.717, 1.165) is 0 Å². The summed E-state index contributed by atoms with van der Waals surface area (Å²) in [6.07, 6.45) is -0.842. The van der Waals surface area contributed by atoms with Gasteiger partial charge in [0, 0.05) is 12.1 Å². The molecule has 0 radical (unpaired) electrons. The lowest BCUT2D eigenvalue weighted by molar-refractivity contribution is 0.107. The minimum Gasteiger partial charge on any atom is -0.491 e. The van der Waals surface area contributed by atoms with E-state index >= 15 is 0 Å². The van der Waals surface area contributed by atoms with E-state index < -0.39 is 6.10 Å². The van der Waals surface area contributed by atoms with Gasteiger partial charge in [-0.3, -0.25) is 0 Å². The van der Waals surface area contributed by atoms with Gasteiger partial charge in [-0.05, 0) is 45.0 Å². The zero-order chi connectivity index (χ0) is 15.2. The first-order valence-corrected chi connectivity index (χ1v) is 6.39. The molecule has 5 nitrogen and oxygen atoms in total. The van der Waals surface area contributed by atoms with E-state index in [1.165, 1.54) is 24.3 Å². The minimum absolute atomic E-state index is 0.0153. The van der Waals surface area contributed by atoms with Crippen molar-refractivity contribution >= 4 is 6.03 Å². The van der Waals surface area contributed by atoms with Crippen LogP contribution in [0.4, 0.5) is 9.18 Å². The van der Waals surface area contributed by atoms with Crippen molar-refractivity contribution in [1.82, 2.24) is 10.6 Å². The molecule has 0 bridgehead atoms. The number of aliphatic hydroxyl groups excluding tert-OH is 1. The van der Waals surface area contributed by atoms with E-state index in [0.29, 0.717) is 5.75 Å². The molecule has 1 aromatic rings. The molecular weight excluding hydrogens is 263 g/mol. The quantitative estimate of drug-likeness (QED) is 0.770. The van der Waals surface area contributed by atoms with Crippen LogP contribution in [0.5, 0.6) is 5.75 Å². The summed E-state index contributed by atoms with van der Waals surface area (Å²) in [5.41, 5.74) is -0.334. The molecule has 1 atom stereocenters. The summed E-state index contributed by atoms with van der Waals surface area (Å²) in [6.45, 7) is 5.67. The molecule has 0 saturated carbocycles. The second-order valence-electron chi connectivity index (χ2n) is 5.50. The molecule has 0 aliphatic rings. The van der Waals surface area contributed by atoms with Crippen LogP contribution in [-0.2, 0) is 0 Å². The van der Waals surface area contributed by atoms with Gasteiger partial charge in [-0.2, -0.15) is 0 Å². The highest BCUT2D eigenvalue weighted by molar-refractivity contribution is 5.74. The molecule has 112 valence electrons. The minimum atomic E-state index is -0.842. The monoisotopic (exact) mass is 284 g/mol. The average Bonchev–Trinajstić information content (AvgIpc) is 2.33. The smallest absolute Gasteiger partial charge is 0.315 e. The van der Waals surface area contributed by atoms with Gasteiger partial charge in [0.25, 0.3) is 0 Å². The second-order valence-corrected chi connectivity index (χ2v) is 5.50. The summed E-state index contributed by atoms with van der Waals surface area (Å²) >= 11 is 0. The van der Waals surface area contributed by atoms with Gasteiger partial charge in [0.1, 0.15) is 24.3 Å². The van der Waals surface area contributed by atoms with Crippen molar-refractivity contribution < 1.29 is 19.0 Å². The predicted molar refractivity (Wildman–Crippen MR) is 74.2 cm³/mol. The number of halogens is 1. The van der Waals surface area contributed by atoms with Crippen molar-refractivity contribution in [3.63, 3.8) is 0 Å². The highest BCUT2D eigenvalue weighted by atomic mass is 19.1. The third kappa shape index (κ3) is 6.94. The topological polar surface area (TPSA) is 70.6 Å². The molecule has 0 fully saturated rings. The van der Waals surface area contributed by atoms with Crippen molar-refractivity contribution in [2.24, 2.45) is 0 Å². The largest absolute Gasteiger partial charge is 0.491 e. The maximum Gasteiger partial charge on any atom is 0.315 e. The van der Waals surface area contributed by atoms with E-state index in [4.69, 9.17) is 4.74 Å². The third-order valence-electron chi connectivity index (χ3n) is 2.24. The molecule has 0 spiro atoms. The van der Waals surface area contributed by atoms with Crippen LogP contribution < -0.4 is 15.4 Å². The fourth-order valence-corrected chi connectivity index (χ4v) is 1.38. The Labute approximate surface area is 118 Å². The first kappa shape index (κ1) is 16.2. The predicted octanol–water partition coefficient (Wildman–Crippen LogP) is 1.66. The number of rotatable bonds is 5. The van der Waals surface area contributed by atoms with E-state index in [2.05, 4.69) is 10.6 Å². The molecule has 20 heavy (non-hydrogen) atoms. The molecule has 6 heteroatoms. The Bertz CT molecular complexity index is 429. The number of ether oxygens (including phenoxy) is 1. The zero-order valence-corrected chi connectivity index (χ0v) is 11.9. The average molecular weight is 284 g/mol. The Morgan fingerprint density at radius 2 is 1.95 bits per heavy atom. The van der Waals surface area contributed by atoms with E-state index in [9.17, 15) is 14.3 Å². The Morgan fingerprint density at radius 1 is 1.35 bits per heavy atom. The van der Waals surface area contributed by atoms with Gasteiger partial charge in [0.15, 0.2) is 0 Å². The van der Waals surface area contributed by atoms with E-state index in [1.807, 2.05) is 20.8 Å². The van der Waals surface area contributed by atoms with Crippen LogP contribution in [0.1, 0.15) is 20.8 Å². The van der Waals surface area contributed by atoms with Crippen LogP contribution in [0, 0.1) is 5.82 Å². The maximum absolute atomic E-state index is 12.7. The van der Waals surface area contributed by atoms with Crippen LogP contribution in [-0.4, -0.2) is 35.9 Å². The van der Waals surface area contributed by atoms with Crippen molar-refractivity contribution in [2.75, 3.05) is 13.2 Å². The standard InChI is InChI=1S/C14H21FN2O3/c1-14(2,3)17-13(19)16-8-11(18)9-20-12-6-4-10(15)5-7-12/h4-7,11,18H,8-9H2,1-3H3,(H2,16,17,19). The summed E-state index contributed by atoms with van der Waals surface area (Å²) < 4.78 is 17.9. The number of aliphatic hydroxyl groups is 1.